The van der Waals surface area contributed by atoms with Gasteiger partial charge in [0.1, 0.15) is 5.82 Å². The van der Waals surface area contributed by atoms with Crippen LogP contribution in [0.4, 0.5) is 4.39 Å². The number of halogens is 1. The van der Waals surface area contributed by atoms with Crippen molar-refractivity contribution in [3.8, 4) is 0 Å². The summed E-state index contributed by atoms with van der Waals surface area (Å²) in [6, 6.07) is 8.08. The quantitative estimate of drug-likeness (QED) is 0.860. The minimum absolute atomic E-state index is 0.270. The highest BCUT2D eigenvalue weighted by Gasteiger charge is 2.07. The average Bonchev–Trinajstić information content (AvgIpc) is 2.80. The normalized spacial score (nSPS) is 12.6. The van der Waals surface area contributed by atoms with Crippen LogP contribution in [-0.4, -0.2) is 5.11 Å². The fourth-order valence-electron chi connectivity index (χ4n) is 1.59. The molecule has 0 saturated heterocycles. The Labute approximate surface area is 98.2 Å². The van der Waals surface area contributed by atoms with Crippen molar-refractivity contribution in [2.75, 3.05) is 0 Å². The van der Waals surface area contributed by atoms with Crippen LogP contribution in [0.5, 0.6) is 0 Å². The third-order valence-corrected chi connectivity index (χ3v) is 3.27. The first-order chi connectivity index (χ1) is 7.75. The van der Waals surface area contributed by atoms with E-state index in [1.54, 1.807) is 23.5 Å². The first kappa shape index (κ1) is 11.3. The average molecular weight is 236 g/mol. The highest BCUT2D eigenvalue weighted by molar-refractivity contribution is 7.07. The molecule has 0 spiro atoms. The van der Waals surface area contributed by atoms with Gasteiger partial charge in [-0.2, -0.15) is 11.3 Å². The predicted molar refractivity (Wildman–Crippen MR) is 64.0 cm³/mol. The van der Waals surface area contributed by atoms with Gasteiger partial charge >= 0.3 is 0 Å². The lowest BCUT2D eigenvalue weighted by Crippen LogP contribution is -1.99. The molecule has 84 valence electrons. The van der Waals surface area contributed by atoms with Crippen molar-refractivity contribution in [1.29, 1.82) is 0 Å². The summed E-state index contributed by atoms with van der Waals surface area (Å²) in [5.41, 5.74) is 2.02. The molecular weight excluding hydrogens is 223 g/mol. The molecule has 0 radical (unpaired) electrons. The van der Waals surface area contributed by atoms with Crippen molar-refractivity contribution >= 4 is 11.3 Å². The van der Waals surface area contributed by atoms with Gasteiger partial charge in [0.25, 0.3) is 0 Å². The highest BCUT2D eigenvalue weighted by Crippen LogP contribution is 2.20. The number of benzene rings is 1. The molecular formula is C13H13FOS. The molecule has 0 amide bonds. The highest BCUT2D eigenvalue weighted by atomic mass is 32.1. The molecule has 1 aromatic heterocycles. The number of thiophene rings is 1. The van der Waals surface area contributed by atoms with Crippen molar-refractivity contribution in [2.45, 2.75) is 18.9 Å². The largest absolute Gasteiger partial charge is 0.388 e. The standard InChI is InChI=1S/C13H13FOS/c14-12-4-2-11(3-5-12)13(15)6-1-10-7-8-16-9-10/h2-5,7-9,13,15H,1,6H2. The van der Waals surface area contributed by atoms with Crippen molar-refractivity contribution in [3.05, 3.63) is 58.0 Å². The van der Waals surface area contributed by atoms with Crippen molar-refractivity contribution in [1.82, 2.24) is 0 Å². The second-order valence-corrected chi connectivity index (χ2v) is 4.52. The molecule has 3 heteroatoms. The lowest BCUT2D eigenvalue weighted by Gasteiger charge is -2.09. The van der Waals surface area contributed by atoms with Gasteiger partial charge in [-0.05, 0) is 52.9 Å². The maximum absolute atomic E-state index is 12.7. The molecule has 0 aliphatic rings. The Hall–Kier alpha value is -1.19. The molecule has 2 rings (SSSR count). The maximum atomic E-state index is 12.7. The fraction of sp³-hybridized carbons (Fsp3) is 0.231. The number of aliphatic hydroxyl groups excluding tert-OH is 1. The van der Waals surface area contributed by atoms with Gasteiger partial charge in [0, 0.05) is 0 Å². The molecule has 0 bridgehead atoms. The molecule has 1 nitrogen and oxygen atoms in total. The van der Waals surface area contributed by atoms with Gasteiger partial charge < -0.3 is 5.11 Å². The molecule has 1 N–H and O–H groups in total. The van der Waals surface area contributed by atoms with E-state index in [4.69, 9.17) is 0 Å². The smallest absolute Gasteiger partial charge is 0.123 e. The van der Waals surface area contributed by atoms with E-state index >= 15 is 0 Å². The summed E-state index contributed by atoms with van der Waals surface area (Å²) in [7, 11) is 0. The summed E-state index contributed by atoms with van der Waals surface area (Å²) in [6.07, 6.45) is 1.00. The number of rotatable bonds is 4. The predicted octanol–water partition coefficient (Wildman–Crippen LogP) is 3.55. The summed E-state index contributed by atoms with van der Waals surface area (Å²) < 4.78 is 12.7. The van der Waals surface area contributed by atoms with Crippen LogP contribution in [0.2, 0.25) is 0 Å². The molecule has 1 atom stereocenters. The van der Waals surface area contributed by atoms with Gasteiger partial charge in [-0.1, -0.05) is 12.1 Å². The van der Waals surface area contributed by atoms with Crippen LogP contribution in [0.25, 0.3) is 0 Å². The molecule has 16 heavy (non-hydrogen) atoms. The SMILES string of the molecule is OC(CCc1ccsc1)c1ccc(F)cc1. The van der Waals surface area contributed by atoms with E-state index in [0.717, 1.165) is 12.0 Å². The maximum Gasteiger partial charge on any atom is 0.123 e. The summed E-state index contributed by atoms with van der Waals surface area (Å²) in [4.78, 5) is 0. The van der Waals surface area contributed by atoms with Crippen molar-refractivity contribution in [3.63, 3.8) is 0 Å². The van der Waals surface area contributed by atoms with E-state index < -0.39 is 6.10 Å². The van der Waals surface area contributed by atoms with E-state index in [0.29, 0.717) is 6.42 Å². The lowest BCUT2D eigenvalue weighted by atomic mass is 10.0. The van der Waals surface area contributed by atoms with Gasteiger partial charge in [-0.3, -0.25) is 0 Å². The van der Waals surface area contributed by atoms with Gasteiger partial charge in [0.05, 0.1) is 6.10 Å². The Morgan fingerprint density at radius 1 is 1.19 bits per heavy atom. The van der Waals surface area contributed by atoms with E-state index in [9.17, 15) is 9.50 Å². The molecule has 0 aliphatic heterocycles. The zero-order chi connectivity index (χ0) is 11.4. The van der Waals surface area contributed by atoms with Crippen LogP contribution < -0.4 is 0 Å². The number of hydrogen-bond acceptors (Lipinski definition) is 2. The van der Waals surface area contributed by atoms with E-state index in [-0.39, 0.29) is 5.82 Å². The molecule has 0 fully saturated rings. The second kappa shape index (κ2) is 5.23. The third-order valence-electron chi connectivity index (χ3n) is 2.54. The van der Waals surface area contributed by atoms with Gasteiger partial charge in [-0.15, -0.1) is 0 Å². The summed E-state index contributed by atoms with van der Waals surface area (Å²) >= 11 is 1.66. The van der Waals surface area contributed by atoms with E-state index in [2.05, 4.69) is 11.4 Å². The van der Waals surface area contributed by atoms with Crippen molar-refractivity contribution < 1.29 is 9.50 Å². The molecule has 0 saturated carbocycles. The zero-order valence-corrected chi connectivity index (χ0v) is 9.58. The van der Waals surface area contributed by atoms with Gasteiger partial charge in [0.2, 0.25) is 0 Å². The van der Waals surface area contributed by atoms with Crippen LogP contribution in [0.15, 0.2) is 41.1 Å². The second-order valence-electron chi connectivity index (χ2n) is 3.74. The number of hydrogen-bond donors (Lipinski definition) is 1. The lowest BCUT2D eigenvalue weighted by molar-refractivity contribution is 0.168. The minimum Gasteiger partial charge on any atom is -0.388 e. The van der Waals surface area contributed by atoms with E-state index in [1.165, 1.54) is 17.7 Å². The monoisotopic (exact) mass is 236 g/mol. The van der Waals surface area contributed by atoms with Crippen LogP contribution >= 0.6 is 11.3 Å². The Kier molecular flexibility index (Phi) is 3.70. The Morgan fingerprint density at radius 3 is 2.56 bits per heavy atom. The van der Waals surface area contributed by atoms with Gasteiger partial charge in [-0.25, -0.2) is 4.39 Å². The van der Waals surface area contributed by atoms with Crippen LogP contribution in [0.1, 0.15) is 23.7 Å². The Bertz CT molecular complexity index is 422. The first-order valence-electron chi connectivity index (χ1n) is 5.20. The van der Waals surface area contributed by atoms with Gasteiger partial charge in [0.15, 0.2) is 0 Å². The molecule has 1 aromatic carbocycles. The number of aliphatic hydroxyl groups is 1. The first-order valence-corrected chi connectivity index (χ1v) is 6.14. The summed E-state index contributed by atoms with van der Waals surface area (Å²) in [5, 5.41) is 14.0. The van der Waals surface area contributed by atoms with Crippen molar-refractivity contribution in [2.24, 2.45) is 0 Å². The molecule has 2 aromatic rings. The molecule has 1 unspecified atom stereocenters. The van der Waals surface area contributed by atoms with Crippen LogP contribution in [0.3, 0.4) is 0 Å². The topological polar surface area (TPSA) is 20.2 Å². The van der Waals surface area contributed by atoms with Crippen LogP contribution in [-0.2, 0) is 6.42 Å². The molecule has 0 aliphatic carbocycles. The molecule has 1 heterocycles. The summed E-state index contributed by atoms with van der Waals surface area (Å²) in [5.74, 6) is -0.270. The third kappa shape index (κ3) is 2.90. The number of aryl methyl sites for hydroxylation is 1. The zero-order valence-electron chi connectivity index (χ0n) is 8.77. The Morgan fingerprint density at radius 2 is 1.94 bits per heavy atom. The fourth-order valence-corrected chi connectivity index (χ4v) is 2.29. The van der Waals surface area contributed by atoms with Crippen LogP contribution in [0, 0.1) is 5.82 Å². The minimum atomic E-state index is -0.513. The Balaban J connectivity index is 1.93. The van der Waals surface area contributed by atoms with E-state index in [1.807, 2.05) is 5.38 Å². The summed E-state index contributed by atoms with van der Waals surface area (Å²) in [6.45, 7) is 0.